The monoisotopic (exact) mass is 289 g/mol. The van der Waals surface area contributed by atoms with Gasteiger partial charge in [0.2, 0.25) is 0 Å². The molecule has 0 amide bonds. The molecule has 1 aliphatic heterocycles. The number of aryl methyl sites for hydroxylation is 1. The summed E-state index contributed by atoms with van der Waals surface area (Å²) in [4.78, 5) is 6.56. The molecule has 0 spiro atoms. The van der Waals surface area contributed by atoms with E-state index in [9.17, 15) is 9.50 Å². The fraction of sp³-hybridized carbons (Fsp3) is 0.438. The molecule has 1 N–H and O–H groups in total. The van der Waals surface area contributed by atoms with Crippen molar-refractivity contribution in [2.75, 3.05) is 6.54 Å². The Morgan fingerprint density at radius 3 is 3.05 bits per heavy atom. The van der Waals surface area contributed by atoms with Gasteiger partial charge < -0.3 is 9.67 Å². The van der Waals surface area contributed by atoms with E-state index in [-0.39, 0.29) is 18.0 Å². The van der Waals surface area contributed by atoms with E-state index < -0.39 is 0 Å². The second-order valence-electron chi connectivity index (χ2n) is 5.52. The number of halogens is 1. The number of aliphatic hydroxyl groups excluding tert-OH is 1. The first kappa shape index (κ1) is 14.2. The molecule has 2 unspecified atom stereocenters. The van der Waals surface area contributed by atoms with Crippen molar-refractivity contribution in [3.63, 3.8) is 0 Å². The lowest BCUT2D eigenvalue weighted by molar-refractivity contribution is 0.170. The van der Waals surface area contributed by atoms with Gasteiger partial charge in [-0.25, -0.2) is 9.37 Å². The van der Waals surface area contributed by atoms with Crippen LogP contribution in [0.3, 0.4) is 0 Å². The maximum absolute atomic E-state index is 13.4. The highest BCUT2D eigenvalue weighted by molar-refractivity contribution is 5.22. The molecule has 4 nitrogen and oxygen atoms in total. The normalized spacial score (nSPS) is 22.8. The second kappa shape index (κ2) is 5.95. The number of hydrogen-bond acceptors (Lipinski definition) is 3. The molecule has 1 aromatic heterocycles. The highest BCUT2D eigenvalue weighted by atomic mass is 19.1. The zero-order valence-electron chi connectivity index (χ0n) is 12.1. The second-order valence-corrected chi connectivity index (χ2v) is 5.52. The van der Waals surface area contributed by atoms with Crippen LogP contribution < -0.4 is 0 Å². The molecule has 1 aliphatic rings. The molecule has 0 radical (unpaired) electrons. The number of imidazole rings is 1. The zero-order chi connectivity index (χ0) is 14.8. The van der Waals surface area contributed by atoms with E-state index in [4.69, 9.17) is 0 Å². The molecular weight excluding hydrogens is 269 g/mol. The Morgan fingerprint density at radius 2 is 2.29 bits per heavy atom. The van der Waals surface area contributed by atoms with Crippen molar-refractivity contribution in [2.24, 2.45) is 0 Å². The van der Waals surface area contributed by atoms with Gasteiger partial charge in [0.05, 0.1) is 12.6 Å². The molecule has 0 saturated carbocycles. The molecule has 2 atom stereocenters. The quantitative estimate of drug-likeness (QED) is 0.939. The average Bonchev–Trinajstić information content (AvgIpc) is 3.05. The van der Waals surface area contributed by atoms with Gasteiger partial charge in [-0.2, -0.15) is 0 Å². The average molecular weight is 289 g/mol. The molecule has 5 heteroatoms. The Kier molecular flexibility index (Phi) is 4.03. The highest BCUT2D eigenvalue weighted by Gasteiger charge is 2.32. The highest BCUT2D eigenvalue weighted by Crippen LogP contribution is 2.33. The number of rotatable bonds is 4. The van der Waals surface area contributed by atoms with Gasteiger partial charge in [-0.1, -0.05) is 12.1 Å². The smallest absolute Gasteiger partial charge is 0.123 e. The van der Waals surface area contributed by atoms with E-state index in [1.54, 1.807) is 18.3 Å². The van der Waals surface area contributed by atoms with Gasteiger partial charge in [-0.05, 0) is 31.0 Å². The Morgan fingerprint density at radius 1 is 1.43 bits per heavy atom. The first-order chi connectivity index (χ1) is 10.2. The maximum atomic E-state index is 13.4. The summed E-state index contributed by atoms with van der Waals surface area (Å²) in [6.45, 7) is 4.21. The molecule has 112 valence electrons. The van der Waals surface area contributed by atoms with Gasteiger partial charge in [-0.15, -0.1) is 0 Å². The molecule has 0 bridgehead atoms. The van der Waals surface area contributed by atoms with Crippen LogP contribution in [-0.2, 0) is 13.1 Å². The van der Waals surface area contributed by atoms with E-state index >= 15 is 0 Å². The summed E-state index contributed by atoms with van der Waals surface area (Å²) in [5.41, 5.74) is 0.918. The SMILES string of the molecule is CCn1ccnc1CN1CC(O)CC1c1cccc(F)c1. The van der Waals surface area contributed by atoms with Crippen molar-refractivity contribution < 1.29 is 9.50 Å². The predicted molar refractivity (Wildman–Crippen MR) is 78.1 cm³/mol. The minimum Gasteiger partial charge on any atom is -0.392 e. The topological polar surface area (TPSA) is 41.3 Å². The number of aromatic nitrogens is 2. The van der Waals surface area contributed by atoms with Crippen LogP contribution in [0, 0.1) is 5.82 Å². The van der Waals surface area contributed by atoms with Crippen LogP contribution in [-0.4, -0.2) is 32.2 Å². The van der Waals surface area contributed by atoms with E-state index in [0.717, 1.165) is 17.9 Å². The minimum absolute atomic E-state index is 0.0395. The molecule has 2 aromatic rings. The van der Waals surface area contributed by atoms with E-state index in [1.165, 1.54) is 6.07 Å². The number of likely N-dealkylation sites (tertiary alicyclic amines) is 1. The lowest BCUT2D eigenvalue weighted by atomic mass is 10.0. The summed E-state index contributed by atoms with van der Waals surface area (Å²) in [5.74, 6) is 0.747. The van der Waals surface area contributed by atoms with Crippen molar-refractivity contribution in [1.82, 2.24) is 14.5 Å². The third-order valence-electron chi connectivity index (χ3n) is 4.10. The third-order valence-corrected chi connectivity index (χ3v) is 4.10. The Hall–Kier alpha value is -1.72. The molecule has 1 fully saturated rings. The minimum atomic E-state index is -0.372. The van der Waals surface area contributed by atoms with Crippen LogP contribution in [0.1, 0.15) is 30.8 Å². The number of aliphatic hydroxyl groups is 1. The van der Waals surface area contributed by atoms with Gasteiger partial charge in [0, 0.05) is 31.5 Å². The van der Waals surface area contributed by atoms with Gasteiger partial charge in [0.15, 0.2) is 0 Å². The van der Waals surface area contributed by atoms with Crippen LogP contribution in [0.15, 0.2) is 36.7 Å². The fourth-order valence-corrected chi connectivity index (χ4v) is 3.08. The van der Waals surface area contributed by atoms with Crippen LogP contribution in [0.2, 0.25) is 0 Å². The number of nitrogens with zero attached hydrogens (tertiary/aromatic N) is 3. The summed E-state index contributed by atoms with van der Waals surface area (Å²) in [5, 5.41) is 9.99. The molecule has 0 aliphatic carbocycles. The molecule has 1 aromatic carbocycles. The van der Waals surface area contributed by atoms with Crippen molar-refractivity contribution >= 4 is 0 Å². The number of benzene rings is 1. The maximum Gasteiger partial charge on any atom is 0.123 e. The Labute approximate surface area is 123 Å². The Bertz CT molecular complexity index is 613. The zero-order valence-corrected chi connectivity index (χ0v) is 12.1. The van der Waals surface area contributed by atoms with Crippen LogP contribution in [0.5, 0.6) is 0 Å². The summed E-state index contributed by atoms with van der Waals surface area (Å²) in [6.07, 6.45) is 4.01. The lowest BCUT2D eigenvalue weighted by Gasteiger charge is -2.24. The summed E-state index contributed by atoms with van der Waals surface area (Å²) >= 11 is 0. The van der Waals surface area contributed by atoms with Gasteiger partial charge >= 0.3 is 0 Å². The molecule has 1 saturated heterocycles. The van der Waals surface area contributed by atoms with Gasteiger partial charge in [-0.3, -0.25) is 4.90 Å². The third kappa shape index (κ3) is 2.99. The Balaban J connectivity index is 1.83. The van der Waals surface area contributed by atoms with Crippen LogP contribution in [0.25, 0.3) is 0 Å². The van der Waals surface area contributed by atoms with Gasteiger partial charge in [0.25, 0.3) is 0 Å². The molecule has 3 rings (SSSR count). The summed E-state index contributed by atoms with van der Waals surface area (Å²) < 4.78 is 15.5. The predicted octanol–water partition coefficient (Wildman–Crippen LogP) is 2.35. The summed E-state index contributed by atoms with van der Waals surface area (Å²) in [7, 11) is 0. The lowest BCUT2D eigenvalue weighted by Crippen LogP contribution is -2.26. The molecule has 21 heavy (non-hydrogen) atoms. The van der Waals surface area contributed by atoms with Crippen molar-refractivity contribution in [3.8, 4) is 0 Å². The van der Waals surface area contributed by atoms with Crippen molar-refractivity contribution in [3.05, 3.63) is 53.9 Å². The number of hydrogen-bond donors (Lipinski definition) is 1. The van der Waals surface area contributed by atoms with Crippen LogP contribution in [0.4, 0.5) is 4.39 Å². The molecular formula is C16H20FN3O. The molecule has 2 heterocycles. The van der Waals surface area contributed by atoms with Gasteiger partial charge in [0.1, 0.15) is 11.6 Å². The van der Waals surface area contributed by atoms with E-state index in [1.807, 2.05) is 12.3 Å². The number of β-amino-alcohol motifs (C(OH)–C–C–N with tert-alkyl or cyclic N) is 1. The summed E-state index contributed by atoms with van der Waals surface area (Å²) in [6, 6.07) is 6.69. The first-order valence-electron chi connectivity index (χ1n) is 7.35. The fourth-order valence-electron chi connectivity index (χ4n) is 3.08. The van der Waals surface area contributed by atoms with Crippen molar-refractivity contribution in [2.45, 2.75) is 38.6 Å². The standard InChI is InChI=1S/C16H20FN3O/c1-2-19-7-6-18-16(19)11-20-10-14(21)9-15(20)12-4-3-5-13(17)8-12/h3-8,14-15,21H,2,9-11H2,1H3. The first-order valence-corrected chi connectivity index (χ1v) is 7.35. The van der Waals surface area contributed by atoms with E-state index in [2.05, 4.69) is 21.4 Å². The van der Waals surface area contributed by atoms with E-state index in [0.29, 0.717) is 19.5 Å². The van der Waals surface area contributed by atoms with Crippen molar-refractivity contribution in [1.29, 1.82) is 0 Å². The van der Waals surface area contributed by atoms with Crippen LogP contribution >= 0.6 is 0 Å². The largest absolute Gasteiger partial charge is 0.392 e.